The highest BCUT2D eigenvalue weighted by atomic mass is 15.1. The number of aromatic nitrogens is 1. The van der Waals surface area contributed by atoms with E-state index in [1.54, 1.807) is 0 Å². The van der Waals surface area contributed by atoms with Crippen LogP contribution in [0.25, 0.3) is 11.1 Å². The fourth-order valence-electron chi connectivity index (χ4n) is 2.50. The molecule has 0 aliphatic heterocycles. The van der Waals surface area contributed by atoms with Crippen molar-refractivity contribution >= 4 is 5.69 Å². The summed E-state index contributed by atoms with van der Waals surface area (Å²) in [5.41, 5.74) is 5.03. The van der Waals surface area contributed by atoms with Crippen LogP contribution < -0.4 is 9.47 Å². The first-order valence-corrected chi connectivity index (χ1v) is 7.53. The summed E-state index contributed by atoms with van der Waals surface area (Å²) < 4.78 is 2.20. The zero-order valence-corrected chi connectivity index (χ0v) is 13.1. The largest absolute Gasteiger partial charge is 0.378 e. The van der Waals surface area contributed by atoms with E-state index < -0.39 is 0 Å². The van der Waals surface area contributed by atoms with E-state index in [-0.39, 0.29) is 0 Å². The second kappa shape index (κ2) is 6.44. The molecule has 0 saturated carbocycles. The summed E-state index contributed by atoms with van der Waals surface area (Å²) in [5, 5.41) is 0. The van der Waals surface area contributed by atoms with Crippen molar-refractivity contribution < 1.29 is 4.57 Å². The molecule has 0 amide bonds. The predicted octanol–water partition coefficient (Wildman–Crippen LogP) is 3.76. The van der Waals surface area contributed by atoms with Gasteiger partial charge in [0.05, 0.1) is 0 Å². The maximum Gasteiger partial charge on any atom is 0.173 e. The van der Waals surface area contributed by atoms with Crippen LogP contribution in [-0.4, -0.2) is 14.1 Å². The van der Waals surface area contributed by atoms with Gasteiger partial charge in [0, 0.05) is 37.5 Å². The molecule has 0 unspecified atom stereocenters. The highest BCUT2D eigenvalue weighted by molar-refractivity contribution is 5.65. The van der Waals surface area contributed by atoms with Gasteiger partial charge in [0.15, 0.2) is 18.9 Å². The summed E-state index contributed by atoms with van der Waals surface area (Å²) in [6, 6.07) is 23.5. The van der Waals surface area contributed by atoms with Crippen LogP contribution in [0.4, 0.5) is 5.69 Å². The Balaban J connectivity index is 1.76. The van der Waals surface area contributed by atoms with Crippen molar-refractivity contribution in [3.8, 4) is 11.1 Å². The Hall–Kier alpha value is -2.61. The number of pyridine rings is 1. The van der Waals surface area contributed by atoms with Crippen LogP contribution in [0.2, 0.25) is 0 Å². The third kappa shape index (κ3) is 3.34. The fraction of sp³-hybridized carbons (Fsp3) is 0.150. The van der Waals surface area contributed by atoms with Crippen LogP contribution in [0.15, 0.2) is 79.1 Å². The molecule has 3 rings (SSSR count). The summed E-state index contributed by atoms with van der Waals surface area (Å²) in [5.74, 6) is 0. The highest BCUT2D eigenvalue weighted by Gasteiger charge is 2.04. The molecule has 0 aliphatic carbocycles. The number of anilines is 1. The van der Waals surface area contributed by atoms with Crippen molar-refractivity contribution in [2.45, 2.75) is 6.54 Å². The van der Waals surface area contributed by atoms with Crippen molar-refractivity contribution in [3.05, 3.63) is 84.7 Å². The summed E-state index contributed by atoms with van der Waals surface area (Å²) >= 11 is 0. The van der Waals surface area contributed by atoms with Crippen molar-refractivity contribution in [3.63, 3.8) is 0 Å². The minimum atomic E-state index is 0.903. The summed E-state index contributed by atoms with van der Waals surface area (Å²) in [4.78, 5) is 2.11. The van der Waals surface area contributed by atoms with E-state index in [9.17, 15) is 0 Å². The first-order valence-electron chi connectivity index (χ1n) is 7.53. The quantitative estimate of drug-likeness (QED) is 0.663. The Kier molecular flexibility index (Phi) is 4.19. The van der Waals surface area contributed by atoms with Crippen molar-refractivity contribution in [2.24, 2.45) is 0 Å². The van der Waals surface area contributed by atoms with Crippen LogP contribution in [0.1, 0.15) is 5.56 Å². The molecule has 1 heterocycles. The van der Waals surface area contributed by atoms with Gasteiger partial charge in [-0.25, -0.2) is 4.57 Å². The van der Waals surface area contributed by atoms with E-state index in [2.05, 4.69) is 103 Å². The molecule has 110 valence electrons. The number of hydrogen-bond donors (Lipinski definition) is 0. The SMILES string of the molecule is CN(C)c1ccc(-c2cc[n+](Cc3ccccc3)cc2)cc1. The van der Waals surface area contributed by atoms with Gasteiger partial charge in [0.25, 0.3) is 0 Å². The zero-order valence-electron chi connectivity index (χ0n) is 13.1. The van der Waals surface area contributed by atoms with Gasteiger partial charge in [-0.2, -0.15) is 0 Å². The Morgan fingerprint density at radius 2 is 1.32 bits per heavy atom. The van der Waals surface area contributed by atoms with Crippen molar-refractivity contribution in [1.82, 2.24) is 0 Å². The lowest BCUT2D eigenvalue weighted by Gasteiger charge is -2.12. The molecule has 0 atom stereocenters. The molecule has 3 aromatic rings. The lowest BCUT2D eigenvalue weighted by atomic mass is 10.1. The molecule has 0 fully saturated rings. The fourth-order valence-corrected chi connectivity index (χ4v) is 2.50. The number of benzene rings is 2. The van der Waals surface area contributed by atoms with Gasteiger partial charge >= 0.3 is 0 Å². The van der Waals surface area contributed by atoms with Crippen LogP contribution >= 0.6 is 0 Å². The van der Waals surface area contributed by atoms with E-state index >= 15 is 0 Å². The third-order valence-electron chi connectivity index (χ3n) is 3.82. The third-order valence-corrected chi connectivity index (χ3v) is 3.82. The zero-order chi connectivity index (χ0) is 15.4. The number of hydrogen-bond acceptors (Lipinski definition) is 1. The summed E-state index contributed by atoms with van der Waals surface area (Å²) in [6.45, 7) is 0.903. The van der Waals surface area contributed by atoms with E-state index in [1.807, 2.05) is 0 Å². The standard InChI is InChI=1S/C20H21N2/c1-21(2)20-10-8-18(9-11-20)19-12-14-22(15-13-19)16-17-6-4-3-5-7-17/h3-15H,16H2,1-2H3/q+1. The molecule has 2 nitrogen and oxygen atoms in total. The highest BCUT2D eigenvalue weighted by Crippen LogP contribution is 2.21. The molecule has 2 aromatic carbocycles. The number of rotatable bonds is 4. The molecule has 1 aromatic heterocycles. The molecule has 0 N–H and O–H groups in total. The van der Waals surface area contributed by atoms with E-state index in [4.69, 9.17) is 0 Å². The molecule has 2 heteroatoms. The lowest BCUT2D eigenvalue weighted by molar-refractivity contribution is -0.688. The Morgan fingerprint density at radius 3 is 1.91 bits per heavy atom. The summed E-state index contributed by atoms with van der Waals surface area (Å²) in [7, 11) is 4.12. The van der Waals surface area contributed by atoms with Gasteiger partial charge in [0.1, 0.15) is 0 Å². The van der Waals surface area contributed by atoms with Crippen molar-refractivity contribution in [1.29, 1.82) is 0 Å². The Bertz CT molecular complexity index is 714. The van der Waals surface area contributed by atoms with E-state index in [0.717, 1.165) is 6.54 Å². The number of nitrogens with zero attached hydrogens (tertiary/aromatic N) is 2. The second-order valence-corrected chi connectivity index (χ2v) is 5.69. The molecular weight excluding hydrogens is 268 g/mol. The molecule has 0 radical (unpaired) electrons. The smallest absolute Gasteiger partial charge is 0.173 e. The predicted molar refractivity (Wildman–Crippen MR) is 91.9 cm³/mol. The molecule has 0 spiro atoms. The van der Waals surface area contributed by atoms with Gasteiger partial charge in [-0.1, -0.05) is 42.5 Å². The maximum atomic E-state index is 2.20. The average Bonchev–Trinajstić information content (AvgIpc) is 2.57. The minimum absolute atomic E-state index is 0.903. The normalized spacial score (nSPS) is 10.5. The van der Waals surface area contributed by atoms with Crippen molar-refractivity contribution in [2.75, 3.05) is 19.0 Å². The van der Waals surface area contributed by atoms with E-state index in [1.165, 1.54) is 22.4 Å². The van der Waals surface area contributed by atoms with Crippen LogP contribution in [0, 0.1) is 0 Å². The van der Waals surface area contributed by atoms with Crippen LogP contribution in [0.3, 0.4) is 0 Å². The first kappa shape index (κ1) is 14.3. The molecule has 0 aliphatic rings. The first-order chi connectivity index (χ1) is 10.7. The average molecular weight is 289 g/mol. The molecular formula is C20H21N2+. The van der Waals surface area contributed by atoms with Gasteiger partial charge in [-0.05, 0) is 23.3 Å². The lowest BCUT2D eigenvalue weighted by Crippen LogP contribution is -2.32. The molecule has 22 heavy (non-hydrogen) atoms. The summed E-state index contributed by atoms with van der Waals surface area (Å²) in [6.07, 6.45) is 4.28. The molecule has 0 saturated heterocycles. The Labute approximate surface area is 132 Å². The van der Waals surface area contributed by atoms with Gasteiger partial charge in [-0.15, -0.1) is 0 Å². The van der Waals surface area contributed by atoms with Gasteiger partial charge in [-0.3, -0.25) is 0 Å². The second-order valence-electron chi connectivity index (χ2n) is 5.69. The Morgan fingerprint density at radius 1 is 0.727 bits per heavy atom. The monoisotopic (exact) mass is 289 g/mol. The van der Waals surface area contributed by atoms with E-state index in [0.29, 0.717) is 0 Å². The van der Waals surface area contributed by atoms with Gasteiger partial charge in [0.2, 0.25) is 0 Å². The molecule has 0 bridgehead atoms. The van der Waals surface area contributed by atoms with Crippen LogP contribution in [0.5, 0.6) is 0 Å². The topological polar surface area (TPSA) is 7.12 Å². The minimum Gasteiger partial charge on any atom is -0.378 e. The van der Waals surface area contributed by atoms with Gasteiger partial charge < -0.3 is 4.90 Å². The maximum absolute atomic E-state index is 2.20. The van der Waals surface area contributed by atoms with Crippen LogP contribution in [-0.2, 0) is 6.54 Å².